The summed E-state index contributed by atoms with van der Waals surface area (Å²) in [5, 5.41) is 5.32. The van der Waals surface area contributed by atoms with E-state index in [0.29, 0.717) is 23.7 Å². The molecule has 0 atom stereocenters. The van der Waals surface area contributed by atoms with Crippen molar-refractivity contribution in [1.29, 1.82) is 0 Å². The van der Waals surface area contributed by atoms with E-state index in [1.54, 1.807) is 0 Å². The predicted octanol–water partition coefficient (Wildman–Crippen LogP) is 12.9. The number of ether oxygens (including phenoxy) is 1. The van der Waals surface area contributed by atoms with Crippen LogP contribution in [0.4, 0.5) is 11.4 Å². The smallest absolute Gasteiger partial charge is 0.119 e. The van der Waals surface area contributed by atoms with Crippen LogP contribution in [0.25, 0.3) is 9.96 Å². The third kappa shape index (κ3) is 21.4. The fraction of sp³-hybridized carbons (Fsp3) is 0.558. The number of hydrogen-bond acceptors (Lipinski definition) is 3. The second-order valence-electron chi connectivity index (χ2n) is 16.1. The van der Waals surface area contributed by atoms with Crippen LogP contribution >= 0.6 is 0 Å². The van der Waals surface area contributed by atoms with Gasteiger partial charge in [-0.25, -0.2) is 0 Å². The molecule has 1 fully saturated rings. The minimum absolute atomic E-state index is 0. The molecule has 5 nitrogen and oxygen atoms in total. The average Bonchev–Trinajstić information content (AvgIpc) is 3.64. The molecule has 0 spiro atoms. The Bertz CT molecular complexity index is 1340. The Balaban J connectivity index is 0.00000110. The van der Waals surface area contributed by atoms with E-state index in [0.717, 1.165) is 36.0 Å². The van der Waals surface area contributed by atoms with Crippen molar-refractivity contribution in [2.45, 2.75) is 144 Å². The molecule has 53 heavy (non-hydrogen) atoms. The summed E-state index contributed by atoms with van der Waals surface area (Å²) in [6.07, 6.45) is 2.56. The van der Waals surface area contributed by atoms with Gasteiger partial charge in [-0.15, -0.1) is 0 Å². The number of amidine groups is 1. The van der Waals surface area contributed by atoms with Gasteiger partial charge in [0.05, 0.1) is 8.96 Å². The number of aliphatic imine (C=N–C) groups is 1. The van der Waals surface area contributed by atoms with E-state index in [2.05, 4.69) is 178 Å². The minimum atomic E-state index is -0.542. The summed E-state index contributed by atoms with van der Waals surface area (Å²) in [6, 6.07) is 23.6. The molecule has 3 aromatic rings. The first-order chi connectivity index (χ1) is 24.5. The van der Waals surface area contributed by atoms with Gasteiger partial charge in [-0.3, -0.25) is 0 Å². The van der Waals surface area contributed by atoms with E-state index in [9.17, 15) is 0 Å². The first-order valence-corrected chi connectivity index (χ1v) is 31.0. The Morgan fingerprint density at radius 3 is 1.34 bits per heavy atom. The summed E-state index contributed by atoms with van der Waals surface area (Å²) >= 11 is 0. The van der Waals surface area contributed by atoms with E-state index >= 15 is 0 Å². The molecular weight excluding hydrogens is 845 g/mol. The maximum Gasteiger partial charge on any atom is 0.119 e. The molecule has 10 heteroatoms. The van der Waals surface area contributed by atoms with Crippen LogP contribution in [0.5, 0.6) is 0 Å². The van der Waals surface area contributed by atoms with Gasteiger partial charge < -0.3 is 24.3 Å². The molecule has 3 aromatic carbocycles. The summed E-state index contributed by atoms with van der Waals surface area (Å²) in [5.74, 6) is 2.31. The van der Waals surface area contributed by atoms with E-state index < -0.39 is 26.9 Å². The van der Waals surface area contributed by atoms with Gasteiger partial charge >= 0.3 is 0 Å². The summed E-state index contributed by atoms with van der Waals surface area (Å²) in [5.41, 5.74) is 8.25. The van der Waals surface area contributed by atoms with Crippen LogP contribution in [0.1, 0.15) is 120 Å². The van der Waals surface area contributed by atoms with Crippen LogP contribution < -0.4 is 4.65 Å². The normalized spacial score (nSPS) is 12.9. The monoisotopic (exact) mass is 917 g/mol. The van der Waals surface area contributed by atoms with Crippen LogP contribution in [0.15, 0.2) is 71.7 Å². The summed E-state index contributed by atoms with van der Waals surface area (Å²) in [6.45, 7) is 38.2. The summed E-state index contributed by atoms with van der Waals surface area (Å²) in [4.78, 5) is 5.32. The van der Waals surface area contributed by atoms with Gasteiger partial charge in [-0.1, -0.05) is 198 Å². The molecule has 295 valence electrons. The third-order valence-corrected chi connectivity index (χ3v) is 17.5. The molecule has 1 saturated heterocycles. The molecule has 0 bridgehead atoms. The number of para-hydroxylation sites is 2. The molecule has 0 aliphatic carbocycles. The van der Waals surface area contributed by atoms with Gasteiger partial charge in [-0.2, -0.15) is 0 Å². The van der Waals surface area contributed by atoms with Crippen LogP contribution in [0, 0.1) is 40.8 Å². The zero-order valence-corrected chi connectivity index (χ0v) is 44.1. The molecule has 0 aromatic heterocycles. The fourth-order valence-corrected chi connectivity index (χ4v) is 15.3. The molecule has 4 rings (SSSR count). The number of nitrogens with zero attached hydrogens (tertiary/aromatic N) is 3. The Labute approximate surface area is 367 Å². The van der Waals surface area contributed by atoms with Crippen LogP contribution in [0.2, 0.25) is 52.4 Å². The van der Waals surface area contributed by atoms with E-state index in [1.807, 2.05) is 6.07 Å². The second kappa shape index (κ2) is 28.6. The molecule has 1 radical (unpaired) electrons. The van der Waals surface area contributed by atoms with Gasteiger partial charge in [0.25, 0.3) is 0 Å². The van der Waals surface area contributed by atoms with Gasteiger partial charge in [0.15, 0.2) is 0 Å². The summed E-state index contributed by atoms with van der Waals surface area (Å²) in [7, 11) is -1.64. The van der Waals surface area contributed by atoms with Crippen molar-refractivity contribution in [3.63, 3.8) is 0 Å². The maximum absolute atomic E-state index is 5.32. The van der Waals surface area contributed by atoms with E-state index in [4.69, 9.17) is 15.0 Å². The van der Waals surface area contributed by atoms with Crippen molar-refractivity contribution >= 4 is 53.0 Å². The molecule has 1 aliphatic rings. The quantitative estimate of drug-likeness (QED) is 0.118. The van der Waals surface area contributed by atoms with Crippen molar-refractivity contribution < 1.29 is 45.6 Å². The standard InChI is InChI=1S/C31H39N2.2C4H14NSi2.C4H8O.Nd/c1-20(2)25-16-12-17-26(21(3)4)29(25)32-31(24-14-10-9-11-15-24)33-30-27(22(5)6)18-13-19-28(30)23(7)8;2*1-6(2)5-7(3)4;1-2-4-5-3-1;/h9-23H,1-8H3;6-7H,1-4H3;5-6H,1-4H3;1-4H2;/q2*-1;;;. The zero-order chi connectivity index (χ0) is 39.4. The van der Waals surface area contributed by atoms with Crippen molar-refractivity contribution in [2.75, 3.05) is 13.2 Å². The molecule has 0 unspecified atom stereocenters. The Morgan fingerprint density at radius 1 is 0.642 bits per heavy atom. The van der Waals surface area contributed by atoms with E-state index in [1.165, 1.54) is 35.1 Å². The van der Waals surface area contributed by atoms with Gasteiger partial charge in [0, 0.05) is 54.1 Å². The van der Waals surface area contributed by atoms with Gasteiger partial charge in [0.2, 0.25) is 0 Å². The van der Waals surface area contributed by atoms with Crippen molar-refractivity contribution in [3.8, 4) is 0 Å². The van der Waals surface area contributed by atoms with Crippen LogP contribution in [-0.4, -0.2) is 54.9 Å². The minimum Gasteiger partial charge on any atom is -0.672 e. The molecule has 0 amide bonds. The SMILES string of the molecule is C1CCOC1.CC(C)c1cccc(C(C)C)c1N=C([N-]c1c(C(C)C)cccc1C(C)C)c1ccccc1.C[SiH](C)[N-][SiH](C)C.C[Si](C)N[SiH](C)C.[Nd]. The fourth-order valence-electron chi connectivity index (χ4n) is 5.92. The number of nitrogens with one attached hydrogen (secondary N) is 1. The van der Waals surface area contributed by atoms with Crippen molar-refractivity contribution in [2.24, 2.45) is 4.99 Å². The Hall–Kier alpha value is -0.772. The van der Waals surface area contributed by atoms with E-state index in [-0.39, 0.29) is 49.8 Å². The predicted molar refractivity (Wildman–Crippen MR) is 246 cm³/mol. The number of rotatable bonds is 11. The average molecular weight is 921 g/mol. The van der Waals surface area contributed by atoms with Crippen molar-refractivity contribution in [3.05, 3.63) is 105 Å². The summed E-state index contributed by atoms with van der Waals surface area (Å²) < 4.78 is 13.0. The molecule has 1 aliphatic heterocycles. The van der Waals surface area contributed by atoms with Crippen LogP contribution in [-0.2, 0) is 4.74 Å². The maximum atomic E-state index is 5.32. The van der Waals surface area contributed by atoms with Crippen molar-refractivity contribution in [1.82, 2.24) is 4.65 Å². The first-order valence-electron chi connectivity index (χ1n) is 19.9. The first kappa shape index (κ1) is 52.2. The Kier molecular flexibility index (Phi) is 28.2. The topological polar surface area (TPSA) is 61.8 Å². The van der Waals surface area contributed by atoms with Gasteiger partial charge in [-0.05, 0) is 75.7 Å². The zero-order valence-electron chi connectivity index (χ0n) is 36.5. The number of benzene rings is 3. The largest absolute Gasteiger partial charge is 0.672 e. The molecule has 1 heterocycles. The number of hydrogen-bond donors (Lipinski definition) is 1. The Morgan fingerprint density at radius 2 is 1.06 bits per heavy atom. The molecular formula is C43H75N4NdOSi4-2. The second-order valence-corrected chi connectivity index (χ2v) is 27.1. The molecule has 0 saturated carbocycles. The third-order valence-electron chi connectivity index (χ3n) is 8.15. The molecule has 1 N–H and O–H groups in total. The van der Waals surface area contributed by atoms with Gasteiger partial charge in [0.1, 0.15) is 8.96 Å². The van der Waals surface area contributed by atoms with Crippen LogP contribution in [0.3, 0.4) is 0 Å².